The van der Waals surface area contributed by atoms with Crippen molar-refractivity contribution in [2.45, 2.75) is 18.6 Å². The Morgan fingerprint density at radius 3 is 2.95 bits per heavy atom. The Morgan fingerprint density at radius 1 is 1.45 bits per heavy atom. The van der Waals surface area contributed by atoms with Crippen LogP contribution >= 0.6 is 11.3 Å². The molecule has 7 nitrogen and oxygen atoms in total. The van der Waals surface area contributed by atoms with Crippen LogP contribution in [0.3, 0.4) is 0 Å². The third-order valence-corrected chi connectivity index (χ3v) is 5.44. The van der Waals surface area contributed by atoms with E-state index < -0.39 is 27.3 Å². The Hall–Kier alpha value is -1.74. The van der Waals surface area contributed by atoms with E-state index in [9.17, 15) is 13.2 Å². The molecule has 1 aliphatic carbocycles. The number of nitrogens with one attached hydrogen (secondary N) is 1. The first kappa shape index (κ1) is 15.2. The van der Waals surface area contributed by atoms with Crippen LogP contribution in [0.15, 0.2) is 22.0 Å². The van der Waals surface area contributed by atoms with Gasteiger partial charge in [0.05, 0.1) is 4.88 Å². The summed E-state index contributed by atoms with van der Waals surface area (Å²) in [6.07, 6.45) is 2.20. The number of carbonyl (C=O) groups is 1. The van der Waals surface area contributed by atoms with E-state index in [1.54, 1.807) is 0 Å². The van der Waals surface area contributed by atoms with Crippen molar-refractivity contribution in [1.29, 1.82) is 0 Å². The van der Waals surface area contributed by atoms with E-state index in [1.807, 2.05) is 17.5 Å². The summed E-state index contributed by atoms with van der Waals surface area (Å²) in [7, 11) is -3.62. The molecule has 1 saturated carbocycles. The molecule has 1 N–H and O–H groups in total. The van der Waals surface area contributed by atoms with Crippen LogP contribution in [0.4, 0.5) is 0 Å². The van der Waals surface area contributed by atoms with E-state index >= 15 is 0 Å². The fourth-order valence-corrected chi connectivity index (χ4v) is 3.64. The lowest BCUT2D eigenvalue weighted by molar-refractivity contribution is -0.118. The van der Waals surface area contributed by atoms with E-state index in [0.717, 1.165) is 17.7 Å². The highest BCUT2D eigenvalue weighted by atomic mass is 32.2. The van der Waals surface area contributed by atoms with Crippen LogP contribution in [0.2, 0.25) is 0 Å². The first-order valence-corrected chi connectivity index (χ1v) is 9.55. The lowest BCUT2D eigenvalue weighted by Gasteiger charge is -2.03. The first-order valence-electron chi connectivity index (χ1n) is 6.85. The molecule has 3 rings (SSSR count). The highest BCUT2D eigenvalue weighted by Crippen LogP contribution is 2.27. The van der Waals surface area contributed by atoms with Crippen molar-refractivity contribution >= 4 is 27.1 Å². The molecule has 0 radical (unpaired) electrons. The predicted molar refractivity (Wildman–Crippen MR) is 80.8 cm³/mol. The second-order valence-corrected chi connectivity index (χ2v) is 8.28. The van der Waals surface area contributed by atoms with E-state index in [2.05, 4.69) is 15.5 Å². The number of carbonyl (C=O) groups excluding carboxylic acids is 1. The Labute approximate surface area is 131 Å². The van der Waals surface area contributed by atoms with Crippen molar-refractivity contribution in [2.24, 2.45) is 5.92 Å². The smallest absolute Gasteiger partial charge is 0.242 e. The fraction of sp³-hybridized carbons (Fsp3) is 0.462. The molecule has 1 aliphatic rings. The highest BCUT2D eigenvalue weighted by Gasteiger charge is 2.25. The zero-order valence-corrected chi connectivity index (χ0v) is 13.3. The van der Waals surface area contributed by atoms with Gasteiger partial charge in [0.15, 0.2) is 9.84 Å². The van der Waals surface area contributed by atoms with Gasteiger partial charge in [0, 0.05) is 6.54 Å². The molecular weight excluding hydrogens is 326 g/mol. The predicted octanol–water partition coefficient (Wildman–Crippen LogP) is 1.24. The van der Waals surface area contributed by atoms with Crippen LogP contribution in [-0.4, -0.2) is 36.8 Å². The van der Waals surface area contributed by atoms with Crippen molar-refractivity contribution in [3.05, 3.63) is 23.4 Å². The average Bonchev–Trinajstić information content (AvgIpc) is 2.92. The second-order valence-electron chi connectivity index (χ2n) is 5.27. The summed E-state index contributed by atoms with van der Waals surface area (Å²) in [5, 5.41) is 8.25. The fourth-order valence-electron chi connectivity index (χ4n) is 1.89. The minimum absolute atomic E-state index is 0.00149. The number of rotatable bonds is 7. The standard InChI is InChI=1S/C13H15N3O4S2/c17-11(14-6-9-3-4-9)7-22(18,19)8-12-15-13(16-20-12)10-2-1-5-21-10/h1-2,5,9H,3-4,6-8H2,(H,14,17). The van der Waals surface area contributed by atoms with E-state index in [4.69, 9.17) is 4.52 Å². The molecule has 2 aromatic heterocycles. The Balaban J connectivity index is 1.57. The topological polar surface area (TPSA) is 102 Å². The summed E-state index contributed by atoms with van der Waals surface area (Å²) in [4.78, 5) is 16.5. The van der Waals surface area contributed by atoms with Crippen molar-refractivity contribution in [2.75, 3.05) is 12.3 Å². The van der Waals surface area contributed by atoms with Gasteiger partial charge in [0.2, 0.25) is 17.6 Å². The summed E-state index contributed by atoms with van der Waals surface area (Å²) in [6, 6.07) is 3.66. The Morgan fingerprint density at radius 2 is 2.27 bits per heavy atom. The minimum atomic E-state index is -3.62. The van der Waals surface area contributed by atoms with E-state index in [0.29, 0.717) is 18.3 Å². The Kier molecular flexibility index (Phi) is 4.25. The molecule has 118 valence electrons. The van der Waals surface area contributed by atoms with Gasteiger partial charge in [0.1, 0.15) is 11.5 Å². The van der Waals surface area contributed by atoms with Gasteiger partial charge in [0.25, 0.3) is 0 Å². The molecule has 0 bridgehead atoms. The highest BCUT2D eigenvalue weighted by molar-refractivity contribution is 7.91. The molecule has 1 fully saturated rings. The number of amides is 1. The zero-order chi connectivity index (χ0) is 15.6. The van der Waals surface area contributed by atoms with Gasteiger partial charge in [-0.15, -0.1) is 11.3 Å². The van der Waals surface area contributed by atoms with Gasteiger partial charge in [-0.1, -0.05) is 11.2 Å². The number of hydrogen-bond acceptors (Lipinski definition) is 7. The van der Waals surface area contributed by atoms with Gasteiger partial charge < -0.3 is 9.84 Å². The maximum Gasteiger partial charge on any atom is 0.242 e. The third kappa shape index (κ3) is 4.14. The molecule has 0 spiro atoms. The Bertz CT molecular complexity index is 748. The maximum atomic E-state index is 12.0. The third-order valence-electron chi connectivity index (χ3n) is 3.19. The summed E-state index contributed by atoms with van der Waals surface area (Å²) in [5.74, 6) is -0.601. The van der Waals surface area contributed by atoms with Gasteiger partial charge in [-0.3, -0.25) is 4.79 Å². The van der Waals surface area contributed by atoms with Crippen LogP contribution in [-0.2, 0) is 20.4 Å². The van der Waals surface area contributed by atoms with Crippen LogP contribution in [0.1, 0.15) is 18.7 Å². The van der Waals surface area contributed by atoms with Crippen LogP contribution < -0.4 is 5.32 Å². The second kappa shape index (κ2) is 6.17. The van der Waals surface area contributed by atoms with E-state index in [-0.39, 0.29) is 5.89 Å². The first-order chi connectivity index (χ1) is 10.5. The van der Waals surface area contributed by atoms with Gasteiger partial charge >= 0.3 is 0 Å². The van der Waals surface area contributed by atoms with Gasteiger partial charge in [-0.2, -0.15) is 4.98 Å². The van der Waals surface area contributed by atoms with Crippen LogP contribution in [0.5, 0.6) is 0 Å². The summed E-state index contributed by atoms with van der Waals surface area (Å²) in [5.41, 5.74) is 0. The molecule has 9 heteroatoms. The quantitative estimate of drug-likeness (QED) is 0.813. The van der Waals surface area contributed by atoms with Crippen molar-refractivity contribution in [1.82, 2.24) is 15.5 Å². The monoisotopic (exact) mass is 341 g/mol. The van der Waals surface area contributed by atoms with Gasteiger partial charge in [-0.25, -0.2) is 8.42 Å². The molecule has 0 saturated heterocycles. The molecule has 0 atom stereocenters. The minimum Gasteiger partial charge on any atom is -0.355 e. The zero-order valence-electron chi connectivity index (χ0n) is 11.7. The molecule has 0 aliphatic heterocycles. The lowest BCUT2D eigenvalue weighted by Crippen LogP contribution is -2.32. The summed E-state index contributed by atoms with van der Waals surface area (Å²) >= 11 is 1.43. The summed E-state index contributed by atoms with van der Waals surface area (Å²) in [6.45, 7) is 0.553. The van der Waals surface area contributed by atoms with E-state index in [1.165, 1.54) is 11.3 Å². The van der Waals surface area contributed by atoms with Gasteiger partial charge in [-0.05, 0) is 30.2 Å². The lowest BCUT2D eigenvalue weighted by atomic mass is 10.4. The van der Waals surface area contributed by atoms with Crippen LogP contribution in [0, 0.1) is 5.92 Å². The van der Waals surface area contributed by atoms with Crippen molar-refractivity contribution < 1.29 is 17.7 Å². The molecule has 0 aromatic carbocycles. The summed E-state index contributed by atoms with van der Waals surface area (Å²) < 4.78 is 28.9. The SMILES string of the molecule is O=C(CS(=O)(=O)Cc1nc(-c2cccs2)no1)NCC1CC1. The normalized spacial score (nSPS) is 14.9. The number of nitrogens with zero attached hydrogens (tertiary/aromatic N) is 2. The number of sulfone groups is 1. The number of hydrogen-bond donors (Lipinski definition) is 1. The number of thiophene rings is 1. The molecule has 2 aromatic rings. The van der Waals surface area contributed by atoms with Crippen molar-refractivity contribution in [3.63, 3.8) is 0 Å². The largest absolute Gasteiger partial charge is 0.355 e. The van der Waals surface area contributed by atoms with Crippen molar-refractivity contribution in [3.8, 4) is 10.7 Å². The maximum absolute atomic E-state index is 12.0. The molecule has 2 heterocycles. The molecule has 0 unspecified atom stereocenters. The number of aromatic nitrogens is 2. The molecule has 1 amide bonds. The molecule has 22 heavy (non-hydrogen) atoms. The average molecular weight is 341 g/mol. The van der Waals surface area contributed by atoms with Crippen LogP contribution in [0.25, 0.3) is 10.7 Å². The molecular formula is C13H15N3O4S2.